The lowest BCUT2D eigenvalue weighted by Gasteiger charge is -2.20. The zero-order valence-corrected chi connectivity index (χ0v) is 16.9. The summed E-state index contributed by atoms with van der Waals surface area (Å²) in [6.07, 6.45) is 3.09. The van der Waals surface area contributed by atoms with Crippen LogP contribution < -0.4 is 25.8 Å². The minimum absolute atomic E-state index is 0. The van der Waals surface area contributed by atoms with Crippen molar-refractivity contribution in [1.82, 2.24) is 10.6 Å². The summed E-state index contributed by atoms with van der Waals surface area (Å²) >= 11 is 0. The normalized spacial score (nSPS) is 18.6. The first kappa shape index (κ1) is 23.0. The Morgan fingerprint density at radius 1 is 1.26 bits per heavy atom. The van der Waals surface area contributed by atoms with Crippen LogP contribution in [0.15, 0.2) is 18.2 Å². The average Bonchev–Trinajstić information content (AvgIpc) is 3.06. The van der Waals surface area contributed by atoms with E-state index >= 15 is 0 Å². The van der Waals surface area contributed by atoms with Crippen LogP contribution in [-0.4, -0.2) is 44.2 Å². The predicted octanol–water partition coefficient (Wildman–Crippen LogP) is 1.88. The Labute approximate surface area is 166 Å². The number of methoxy groups -OCH3 is 1. The summed E-state index contributed by atoms with van der Waals surface area (Å²) in [5.74, 6) is 0.805. The maximum absolute atomic E-state index is 12.5. The number of rotatable bonds is 8. The summed E-state index contributed by atoms with van der Waals surface area (Å²) in [6, 6.07) is 5.10. The van der Waals surface area contributed by atoms with E-state index in [9.17, 15) is 9.59 Å². The molecule has 2 amide bonds. The fraction of sp³-hybridized carbons (Fsp3) is 0.579. The van der Waals surface area contributed by atoms with Gasteiger partial charge in [0.25, 0.3) is 11.8 Å². The fourth-order valence-electron chi connectivity index (χ4n) is 3.20. The molecule has 1 aromatic rings. The number of carbonyl (C=O) groups excluding carboxylic acids is 2. The van der Waals surface area contributed by atoms with Crippen LogP contribution in [-0.2, 0) is 4.79 Å². The second kappa shape index (κ2) is 11.0. The van der Waals surface area contributed by atoms with Crippen molar-refractivity contribution in [3.05, 3.63) is 23.8 Å². The highest BCUT2D eigenvalue weighted by molar-refractivity contribution is 5.95. The van der Waals surface area contributed by atoms with Gasteiger partial charge in [0.1, 0.15) is 0 Å². The largest absolute Gasteiger partial charge is 0.493 e. The van der Waals surface area contributed by atoms with Crippen molar-refractivity contribution in [2.75, 3.05) is 20.3 Å². The Morgan fingerprint density at radius 3 is 2.63 bits per heavy atom. The van der Waals surface area contributed by atoms with Gasteiger partial charge in [0, 0.05) is 17.6 Å². The van der Waals surface area contributed by atoms with E-state index in [0.717, 1.165) is 19.3 Å². The van der Waals surface area contributed by atoms with E-state index in [0.29, 0.717) is 29.5 Å². The number of benzene rings is 1. The standard InChI is InChI=1S/C19H29N3O4.ClH/c1-12(2)21-18(23)11-26-16-8-7-13(9-17(16)25-3)19(24)22-15-6-4-5-14(15)10-20;/h7-9,12,14-15H,4-6,10-11,20H2,1-3H3,(H,21,23)(H,22,24);1H. The fourth-order valence-corrected chi connectivity index (χ4v) is 3.20. The molecule has 1 fully saturated rings. The molecule has 8 heteroatoms. The monoisotopic (exact) mass is 399 g/mol. The highest BCUT2D eigenvalue weighted by Gasteiger charge is 2.27. The number of amides is 2. The number of nitrogens with two attached hydrogens (primary N) is 1. The van der Waals surface area contributed by atoms with Crippen molar-refractivity contribution >= 4 is 24.2 Å². The van der Waals surface area contributed by atoms with Gasteiger partial charge in [0.05, 0.1) is 7.11 Å². The van der Waals surface area contributed by atoms with Crippen molar-refractivity contribution in [3.8, 4) is 11.5 Å². The average molecular weight is 400 g/mol. The van der Waals surface area contributed by atoms with E-state index in [1.807, 2.05) is 13.8 Å². The van der Waals surface area contributed by atoms with Gasteiger partial charge < -0.3 is 25.8 Å². The molecule has 0 radical (unpaired) electrons. The molecule has 0 saturated heterocycles. The van der Waals surface area contributed by atoms with E-state index in [1.165, 1.54) is 7.11 Å². The van der Waals surface area contributed by atoms with Gasteiger partial charge in [-0.05, 0) is 57.4 Å². The van der Waals surface area contributed by atoms with Gasteiger partial charge in [-0.2, -0.15) is 0 Å². The summed E-state index contributed by atoms with van der Waals surface area (Å²) in [5, 5.41) is 5.81. The molecular formula is C19H30ClN3O4. The zero-order chi connectivity index (χ0) is 19.1. The molecule has 2 atom stereocenters. The third-order valence-corrected chi connectivity index (χ3v) is 4.51. The number of halogens is 1. The highest BCUT2D eigenvalue weighted by atomic mass is 35.5. The second-order valence-electron chi connectivity index (χ2n) is 6.88. The lowest BCUT2D eigenvalue weighted by atomic mass is 10.0. The number of ether oxygens (including phenoxy) is 2. The van der Waals surface area contributed by atoms with Crippen LogP contribution in [0.1, 0.15) is 43.5 Å². The van der Waals surface area contributed by atoms with Crippen LogP contribution in [0.3, 0.4) is 0 Å². The maximum Gasteiger partial charge on any atom is 0.258 e. The Bertz CT molecular complexity index is 639. The van der Waals surface area contributed by atoms with E-state index in [4.69, 9.17) is 15.2 Å². The van der Waals surface area contributed by atoms with Gasteiger partial charge in [-0.3, -0.25) is 9.59 Å². The molecule has 0 aliphatic heterocycles. The van der Waals surface area contributed by atoms with Gasteiger partial charge in [0.2, 0.25) is 0 Å². The zero-order valence-electron chi connectivity index (χ0n) is 16.1. The molecule has 7 nitrogen and oxygen atoms in total. The smallest absolute Gasteiger partial charge is 0.258 e. The maximum atomic E-state index is 12.5. The number of hydrogen-bond donors (Lipinski definition) is 3. The van der Waals surface area contributed by atoms with E-state index < -0.39 is 0 Å². The molecule has 152 valence electrons. The van der Waals surface area contributed by atoms with Gasteiger partial charge in [-0.1, -0.05) is 6.42 Å². The van der Waals surface area contributed by atoms with Gasteiger partial charge in [0.15, 0.2) is 18.1 Å². The van der Waals surface area contributed by atoms with Gasteiger partial charge in [-0.15, -0.1) is 12.4 Å². The van der Waals surface area contributed by atoms with Crippen molar-refractivity contribution in [2.45, 2.75) is 45.2 Å². The molecule has 1 aromatic carbocycles. The highest BCUT2D eigenvalue weighted by Crippen LogP contribution is 2.29. The Hall–Kier alpha value is -1.99. The molecule has 0 heterocycles. The molecule has 2 rings (SSSR count). The summed E-state index contributed by atoms with van der Waals surface area (Å²) < 4.78 is 10.8. The van der Waals surface area contributed by atoms with Crippen LogP contribution in [0.4, 0.5) is 0 Å². The molecular weight excluding hydrogens is 370 g/mol. The summed E-state index contributed by atoms with van der Waals surface area (Å²) in [4.78, 5) is 24.2. The molecule has 0 spiro atoms. The molecule has 2 unspecified atom stereocenters. The number of hydrogen-bond acceptors (Lipinski definition) is 5. The minimum atomic E-state index is -0.210. The molecule has 1 aliphatic carbocycles. The molecule has 1 aliphatic rings. The Kier molecular flexibility index (Phi) is 9.38. The quantitative estimate of drug-likeness (QED) is 0.619. The van der Waals surface area contributed by atoms with Crippen LogP contribution in [0.5, 0.6) is 11.5 Å². The molecule has 4 N–H and O–H groups in total. The van der Waals surface area contributed by atoms with Crippen molar-refractivity contribution < 1.29 is 19.1 Å². The lowest BCUT2D eigenvalue weighted by Crippen LogP contribution is -2.39. The Balaban J connectivity index is 0.00000364. The van der Waals surface area contributed by atoms with Crippen LogP contribution in [0.25, 0.3) is 0 Å². The third-order valence-electron chi connectivity index (χ3n) is 4.51. The van der Waals surface area contributed by atoms with E-state index in [1.54, 1.807) is 18.2 Å². The van der Waals surface area contributed by atoms with Crippen molar-refractivity contribution in [2.24, 2.45) is 11.7 Å². The van der Waals surface area contributed by atoms with Gasteiger partial charge in [-0.25, -0.2) is 0 Å². The first-order valence-electron chi connectivity index (χ1n) is 9.05. The number of nitrogens with one attached hydrogen (secondary N) is 2. The minimum Gasteiger partial charge on any atom is -0.493 e. The second-order valence-corrected chi connectivity index (χ2v) is 6.88. The SMILES string of the molecule is COc1cc(C(=O)NC2CCCC2CN)ccc1OCC(=O)NC(C)C.Cl. The summed E-state index contributed by atoms with van der Waals surface area (Å²) in [7, 11) is 1.50. The molecule has 0 bridgehead atoms. The number of carbonyl (C=O) groups is 2. The predicted molar refractivity (Wildman–Crippen MR) is 107 cm³/mol. The van der Waals surface area contributed by atoms with Crippen molar-refractivity contribution in [3.63, 3.8) is 0 Å². The van der Waals surface area contributed by atoms with Gasteiger partial charge >= 0.3 is 0 Å². The first-order valence-corrected chi connectivity index (χ1v) is 9.05. The van der Waals surface area contributed by atoms with E-state index in [-0.39, 0.29) is 42.9 Å². The van der Waals surface area contributed by atoms with Crippen LogP contribution in [0, 0.1) is 5.92 Å². The molecule has 27 heavy (non-hydrogen) atoms. The summed E-state index contributed by atoms with van der Waals surface area (Å²) in [6.45, 7) is 4.23. The Morgan fingerprint density at radius 2 is 2.00 bits per heavy atom. The summed E-state index contributed by atoms with van der Waals surface area (Å²) in [5.41, 5.74) is 6.26. The first-order chi connectivity index (χ1) is 12.4. The van der Waals surface area contributed by atoms with Crippen molar-refractivity contribution in [1.29, 1.82) is 0 Å². The van der Waals surface area contributed by atoms with E-state index in [2.05, 4.69) is 10.6 Å². The lowest BCUT2D eigenvalue weighted by molar-refractivity contribution is -0.123. The molecule has 0 aromatic heterocycles. The van der Waals surface area contributed by atoms with Crippen LogP contribution in [0.2, 0.25) is 0 Å². The topological polar surface area (TPSA) is 103 Å². The molecule has 1 saturated carbocycles. The third kappa shape index (κ3) is 6.59. The van der Waals surface area contributed by atoms with Crippen LogP contribution >= 0.6 is 12.4 Å².